The molecule has 0 saturated carbocycles. The van der Waals surface area contributed by atoms with Crippen molar-refractivity contribution in [3.05, 3.63) is 12.4 Å². The summed E-state index contributed by atoms with van der Waals surface area (Å²) in [5, 5.41) is 7.30. The van der Waals surface area contributed by atoms with Crippen LogP contribution >= 0.6 is 12.4 Å². The Morgan fingerprint density at radius 2 is 2.00 bits per heavy atom. The van der Waals surface area contributed by atoms with Crippen LogP contribution in [0.25, 0.3) is 0 Å². The zero-order valence-corrected chi connectivity index (χ0v) is 13.2. The Morgan fingerprint density at radius 1 is 1.30 bits per heavy atom. The number of aryl methyl sites for hydroxylation is 1. The fraction of sp³-hybridized carbons (Fsp3) is 0.750. The zero-order chi connectivity index (χ0) is 13.5. The van der Waals surface area contributed by atoms with E-state index >= 15 is 0 Å². The lowest BCUT2D eigenvalue weighted by molar-refractivity contribution is 0.218. The molecule has 0 atom stereocenters. The second-order valence-electron chi connectivity index (χ2n) is 5.69. The minimum Gasteiger partial charge on any atom is -0.317 e. The van der Waals surface area contributed by atoms with Crippen molar-refractivity contribution in [2.24, 2.45) is 12.5 Å². The van der Waals surface area contributed by atoms with E-state index in [1.54, 1.807) is 17.5 Å². The summed E-state index contributed by atoms with van der Waals surface area (Å²) in [6.07, 6.45) is 6.14. The third-order valence-corrected chi connectivity index (χ3v) is 6.18. The highest BCUT2D eigenvalue weighted by Crippen LogP contribution is 2.40. The topological polar surface area (TPSA) is 67.2 Å². The Bertz CT molecular complexity index is 566. The Kier molecular flexibility index (Phi) is 4.44. The molecular weight excluding hydrogens is 300 g/mol. The largest absolute Gasteiger partial charge is 0.317 e. The first-order valence-corrected chi connectivity index (χ1v) is 8.15. The summed E-state index contributed by atoms with van der Waals surface area (Å²) in [6, 6.07) is 0. The summed E-state index contributed by atoms with van der Waals surface area (Å²) in [5.41, 5.74) is 0.195. The minimum absolute atomic E-state index is 0. The molecule has 8 heteroatoms. The van der Waals surface area contributed by atoms with Crippen molar-refractivity contribution in [1.82, 2.24) is 19.4 Å². The molecule has 0 radical (unpaired) electrons. The van der Waals surface area contributed by atoms with Gasteiger partial charge in [-0.05, 0) is 37.8 Å². The van der Waals surface area contributed by atoms with Gasteiger partial charge in [0, 0.05) is 26.3 Å². The van der Waals surface area contributed by atoms with Crippen LogP contribution in [0, 0.1) is 5.41 Å². The standard InChI is InChI=1S/C12H20N4O2S.ClH/c1-15-9-11(8-14-15)19(17,18)16-7-4-12(10-16)2-5-13-6-3-12;/h8-9,13H,2-7,10H2,1H3;1H. The molecule has 0 aliphatic carbocycles. The molecule has 20 heavy (non-hydrogen) atoms. The molecule has 1 N–H and O–H groups in total. The van der Waals surface area contributed by atoms with Gasteiger partial charge in [0.25, 0.3) is 0 Å². The van der Waals surface area contributed by atoms with Gasteiger partial charge in [-0.1, -0.05) is 0 Å². The van der Waals surface area contributed by atoms with E-state index in [0.29, 0.717) is 18.0 Å². The van der Waals surface area contributed by atoms with Crippen LogP contribution in [0.1, 0.15) is 19.3 Å². The number of halogens is 1. The molecule has 1 spiro atoms. The first kappa shape index (κ1) is 15.8. The van der Waals surface area contributed by atoms with Crippen LogP contribution in [-0.2, 0) is 17.1 Å². The maximum atomic E-state index is 12.5. The zero-order valence-electron chi connectivity index (χ0n) is 11.6. The molecule has 2 saturated heterocycles. The summed E-state index contributed by atoms with van der Waals surface area (Å²) in [4.78, 5) is 0.306. The number of hydrogen-bond acceptors (Lipinski definition) is 4. The fourth-order valence-electron chi connectivity index (χ4n) is 3.15. The normalized spacial score (nSPS) is 22.9. The fourth-order valence-corrected chi connectivity index (χ4v) is 4.69. The summed E-state index contributed by atoms with van der Waals surface area (Å²) in [7, 11) is -1.63. The van der Waals surface area contributed by atoms with Crippen molar-refractivity contribution in [3.63, 3.8) is 0 Å². The molecule has 0 aromatic carbocycles. The quantitative estimate of drug-likeness (QED) is 0.867. The first-order valence-electron chi connectivity index (χ1n) is 6.71. The Morgan fingerprint density at radius 3 is 2.60 bits per heavy atom. The number of aromatic nitrogens is 2. The Hall–Kier alpha value is -0.630. The molecule has 0 bridgehead atoms. The lowest BCUT2D eigenvalue weighted by atomic mass is 9.78. The van der Waals surface area contributed by atoms with Gasteiger partial charge in [-0.15, -0.1) is 12.4 Å². The van der Waals surface area contributed by atoms with Crippen molar-refractivity contribution >= 4 is 22.4 Å². The van der Waals surface area contributed by atoms with Crippen LogP contribution in [0.2, 0.25) is 0 Å². The number of sulfonamides is 1. The van der Waals surface area contributed by atoms with Crippen LogP contribution < -0.4 is 5.32 Å². The van der Waals surface area contributed by atoms with Gasteiger partial charge in [0.15, 0.2) is 0 Å². The highest BCUT2D eigenvalue weighted by molar-refractivity contribution is 7.89. The summed E-state index contributed by atoms with van der Waals surface area (Å²) < 4.78 is 28.2. The third kappa shape index (κ3) is 2.72. The second kappa shape index (κ2) is 5.63. The maximum Gasteiger partial charge on any atom is 0.246 e. The van der Waals surface area contributed by atoms with Gasteiger partial charge in [0.1, 0.15) is 4.90 Å². The van der Waals surface area contributed by atoms with Gasteiger partial charge in [-0.3, -0.25) is 4.68 Å². The highest BCUT2D eigenvalue weighted by atomic mass is 35.5. The van der Waals surface area contributed by atoms with Gasteiger partial charge in [0.05, 0.1) is 6.20 Å². The van der Waals surface area contributed by atoms with Crippen molar-refractivity contribution in [2.45, 2.75) is 24.2 Å². The van der Waals surface area contributed by atoms with E-state index in [-0.39, 0.29) is 17.8 Å². The third-order valence-electron chi connectivity index (χ3n) is 4.39. The molecular formula is C12H21ClN4O2S. The van der Waals surface area contributed by atoms with Gasteiger partial charge >= 0.3 is 0 Å². The van der Waals surface area contributed by atoms with E-state index in [2.05, 4.69) is 10.4 Å². The Balaban J connectivity index is 0.00000147. The smallest absolute Gasteiger partial charge is 0.246 e. The monoisotopic (exact) mass is 320 g/mol. The number of hydrogen-bond donors (Lipinski definition) is 1. The average Bonchev–Trinajstić information content (AvgIpc) is 2.98. The predicted octanol–water partition coefficient (Wildman–Crippen LogP) is 0.606. The molecule has 1 aromatic rings. The minimum atomic E-state index is -3.36. The first-order chi connectivity index (χ1) is 9.02. The molecule has 3 rings (SSSR count). The molecule has 6 nitrogen and oxygen atoms in total. The summed E-state index contributed by atoms with van der Waals surface area (Å²) in [5.74, 6) is 0. The molecule has 0 unspecified atom stereocenters. The van der Waals surface area contributed by atoms with Crippen molar-refractivity contribution in [1.29, 1.82) is 0 Å². The summed E-state index contributed by atoms with van der Waals surface area (Å²) >= 11 is 0. The van der Waals surface area contributed by atoms with E-state index in [1.165, 1.54) is 10.9 Å². The van der Waals surface area contributed by atoms with Crippen molar-refractivity contribution in [3.8, 4) is 0 Å². The Labute approximate surface area is 126 Å². The lowest BCUT2D eigenvalue weighted by Crippen LogP contribution is -2.39. The van der Waals surface area contributed by atoms with E-state index in [4.69, 9.17) is 0 Å². The average molecular weight is 321 g/mol. The molecule has 2 aliphatic rings. The van der Waals surface area contributed by atoms with Crippen LogP contribution in [0.5, 0.6) is 0 Å². The molecule has 0 amide bonds. The number of nitrogens with one attached hydrogen (secondary N) is 1. The predicted molar refractivity (Wildman–Crippen MR) is 78.4 cm³/mol. The van der Waals surface area contributed by atoms with Gasteiger partial charge < -0.3 is 5.32 Å². The lowest BCUT2D eigenvalue weighted by Gasteiger charge is -2.33. The van der Waals surface area contributed by atoms with Crippen molar-refractivity contribution in [2.75, 3.05) is 26.2 Å². The number of nitrogens with zero attached hydrogens (tertiary/aromatic N) is 3. The van der Waals surface area contributed by atoms with Gasteiger partial charge in [-0.2, -0.15) is 9.40 Å². The van der Waals surface area contributed by atoms with E-state index in [1.807, 2.05) is 0 Å². The van der Waals surface area contributed by atoms with E-state index in [9.17, 15) is 8.42 Å². The second-order valence-corrected chi connectivity index (χ2v) is 7.63. The molecule has 1 aromatic heterocycles. The highest BCUT2D eigenvalue weighted by Gasteiger charge is 2.43. The van der Waals surface area contributed by atoms with Crippen LogP contribution in [0.4, 0.5) is 0 Å². The molecule has 3 heterocycles. The molecule has 2 fully saturated rings. The summed E-state index contributed by atoms with van der Waals surface area (Å²) in [6.45, 7) is 3.30. The van der Waals surface area contributed by atoms with Crippen LogP contribution in [-0.4, -0.2) is 48.7 Å². The molecule has 2 aliphatic heterocycles. The maximum absolute atomic E-state index is 12.5. The van der Waals surface area contributed by atoms with Crippen LogP contribution in [0.15, 0.2) is 17.3 Å². The van der Waals surface area contributed by atoms with E-state index < -0.39 is 10.0 Å². The van der Waals surface area contributed by atoms with E-state index in [0.717, 1.165) is 32.4 Å². The molecule has 114 valence electrons. The SMILES string of the molecule is Cl.Cn1cc(S(=O)(=O)N2CCC3(CCNCC3)C2)cn1. The number of piperidine rings is 1. The van der Waals surface area contributed by atoms with Crippen LogP contribution in [0.3, 0.4) is 0 Å². The van der Waals surface area contributed by atoms with Gasteiger partial charge in [0.2, 0.25) is 10.0 Å². The number of rotatable bonds is 2. The van der Waals surface area contributed by atoms with Crippen molar-refractivity contribution < 1.29 is 8.42 Å². The van der Waals surface area contributed by atoms with Gasteiger partial charge in [-0.25, -0.2) is 8.42 Å².